The zero-order valence-electron chi connectivity index (χ0n) is 15.5. The summed E-state index contributed by atoms with van der Waals surface area (Å²) < 4.78 is 23.9. The molecular weight excluding hydrogens is 385 g/mol. The van der Waals surface area contributed by atoms with Crippen LogP contribution in [0.25, 0.3) is 0 Å². The van der Waals surface area contributed by atoms with Gasteiger partial charge in [-0.3, -0.25) is 9.69 Å². The van der Waals surface area contributed by atoms with Gasteiger partial charge in [-0.15, -0.1) is 11.3 Å². The molecule has 0 saturated carbocycles. The van der Waals surface area contributed by atoms with Gasteiger partial charge in [-0.1, -0.05) is 6.07 Å². The molecule has 1 unspecified atom stereocenters. The summed E-state index contributed by atoms with van der Waals surface area (Å²) in [6, 6.07) is 8.61. The van der Waals surface area contributed by atoms with Gasteiger partial charge in [0.15, 0.2) is 0 Å². The lowest BCUT2D eigenvalue weighted by atomic mass is 9.83. The highest BCUT2D eigenvalue weighted by atomic mass is 32.1. The third-order valence-corrected chi connectivity index (χ3v) is 5.62. The minimum Gasteiger partial charge on any atom is -0.464 e. The molecule has 28 heavy (non-hydrogen) atoms. The van der Waals surface area contributed by atoms with Crippen LogP contribution in [-0.4, -0.2) is 36.6 Å². The monoisotopic (exact) mass is 405 g/mol. The molecule has 2 heterocycles. The summed E-state index contributed by atoms with van der Waals surface area (Å²) in [6.45, 7) is 3.30. The number of carbonyl (C=O) groups excluding carboxylic acids is 3. The van der Waals surface area contributed by atoms with E-state index in [1.165, 1.54) is 35.6 Å². The van der Waals surface area contributed by atoms with Crippen LogP contribution in [0.5, 0.6) is 0 Å². The maximum Gasteiger partial charge on any atom is 0.344 e. The number of hydrogen-bond acceptors (Lipinski definition) is 6. The fraction of sp³-hybridized carbons (Fsp3) is 0.350. The highest BCUT2D eigenvalue weighted by Gasteiger charge is 2.66. The van der Waals surface area contributed by atoms with E-state index in [0.29, 0.717) is 4.88 Å². The molecular formula is C20H20FNO5S. The van der Waals surface area contributed by atoms with Crippen LogP contribution in [0.15, 0.2) is 41.8 Å². The Balaban J connectivity index is 2.25. The van der Waals surface area contributed by atoms with Gasteiger partial charge < -0.3 is 9.47 Å². The molecule has 1 amide bonds. The molecule has 148 valence electrons. The maximum absolute atomic E-state index is 13.4. The Morgan fingerprint density at radius 2 is 1.75 bits per heavy atom. The Kier molecular flexibility index (Phi) is 5.79. The average molecular weight is 405 g/mol. The standard InChI is InChI=1S/C20H20FNO5S/c1-3-26-18(24)20(19(25)27-4-2)15(16-6-5-11-28-16)12-17(23)22(20)14-9-7-13(21)8-10-14/h5-11,15H,3-4,12H2,1-2H3. The lowest BCUT2D eigenvalue weighted by Gasteiger charge is -2.37. The number of thiophene rings is 1. The van der Waals surface area contributed by atoms with Crippen molar-refractivity contribution in [3.05, 3.63) is 52.5 Å². The van der Waals surface area contributed by atoms with Gasteiger partial charge in [0.05, 0.1) is 13.2 Å². The molecule has 1 fully saturated rings. The Bertz CT molecular complexity index is 847. The SMILES string of the molecule is CCOC(=O)C1(C(=O)OCC)C(c2cccs2)CC(=O)N1c1ccc(F)cc1. The number of carbonyl (C=O) groups is 3. The minimum atomic E-state index is -2.01. The number of benzene rings is 1. The molecule has 8 heteroatoms. The second-order valence-electron chi connectivity index (χ2n) is 6.19. The molecule has 0 spiro atoms. The number of hydrogen-bond donors (Lipinski definition) is 0. The van der Waals surface area contributed by atoms with E-state index < -0.39 is 35.1 Å². The summed E-state index contributed by atoms with van der Waals surface area (Å²) >= 11 is 1.34. The molecule has 0 N–H and O–H groups in total. The number of esters is 2. The summed E-state index contributed by atoms with van der Waals surface area (Å²) in [5, 5.41) is 1.81. The van der Waals surface area contributed by atoms with Gasteiger partial charge >= 0.3 is 11.9 Å². The minimum absolute atomic E-state index is 0.0304. The first-order valence-corrected chi connectivity index (χ1v) is 9.81. The Morgan fingerprint density at radius 1 is 1.14 bits per heavy atom. The second kappa shape index (κ2) is 8.10. The molecule has 1 aromatic carbocycles. The third kappa shape index (κ3) is 3.17. The number of amides is 1. The Morgan fingerprint density at radius 3 is 2.25 bits per heavy atom. The molecule has 1 aromatic heterocycles. The lowest BCUT2D eigenvalue weighted by molar-refractivity contribution is -0.164. The molecule has 0 bridgehead atoms. The molecule has 1 saturated heterocycles. The summed E-state index contributed by atoms with van der Waals surface area (Å²) in [4.78, 5) is 41.2. The third-order valence-electron chi connectivity index (χ3n) is 4.63. The maximum atomic E-state index is 13.4. The number of anilines is 1. The van der Waals surface area contributed by atoms with Gasteiger partial charge in [-0.05, 0) is 49.6 Å². The normalized spacial score (nSPS) is 18.2. The van der Waals surface area contributed by atoms with Crippen LogP contribution < -0.4 is 4.90 Å². The molecule has 1 aliphatic heterocycles. The van der Waals surface area contributed by atoms with Crippen molar-refractivity contribution >= 4 is 34.9 Å². The number of ether oxygens (including phenoxy) is 2. The van der Waals surface area contributed by atoms with Gasteiger partial charge in [0.25, 0.3) is 5.54 Å². The lowest BCUT2D eigenvalue weighted by Crippen LogP contribution is -2.62. The van der Waals surface area contributed by atoms with Crippen molar-refractivity contribution in [3.63, 3.8) is 0 Å². The predicted molar refractivity (Wildman–Crippen MR) is 102 cm³/mol. The fourth-order valence-electron chi connectivity index (χ4n) is 3.53. The van der Waals surface area contributed by atoms with Crippen LogP contribution in [-0.2, 0) is 23.9 Å². The van der Waals surface area contributed by atoms with Gasteiger partial charge in [-0.25, -0.2) is 14.0 Å². The second-order valence-corrected chi connectivity index (χ2v) is 7.16. The van der Waals surface area contributed by atoms with Crippen molar-refractivity contribution in [2.24, 2.45) is 0 Å². The largest absolute Gasteiger partial charge is 0.464 e. The van der Waals surface area contributed by atoms with Crippen molar-refractivity contribution in [1.82, 2.24) is 0 Å². The number of rotatable bonds is 6. The van der Waals surface area contributed by atoms with Crippen LogP contribution in [0.4, 0.5) is 10.1 Å². The van der Waals surface area contributed by atoms with Crippen molar-refractivity contribution in [1.29, 1.82) is 0 Å². The summed E-state index contributed by atoms with van der Waals surface area (Å²) in [6.07, 6.45) is -0.0739. The molecule has 0 aliphatic carbocycles. The van der Waals surface area contributed by atoms with Crippen molar-refractivity contribution in [2.75, 3.05) is 18.1 Å². The van der Waals surface area contributed by atoms with E-state index in [4.69, 9.17) is 9.47 Å². The predicted octanol–water partition coefficient (Wildman–Crippen LogP) is 3.27. The van der Waals surface area contributed by atoms with E-state index in [-0.39, 0.29) is 25.3 Å². The summed E-state index contributed by atoms with van der Waals surface area (Å²) in [5.41, 5.74) is -1.78. The van der Waals surface area contributed by atoms with Gasteiger partial charge in [0.1, 0.15) is 5.82 Å². The van der Waals surface area contributed by atoms with Crippen LogP contribution in [0.2, 0.25) is 0 Å². The number of nitrogens with zero attached hydrogens (tertiary/aromatic N) is 1. The first-order chi connectivity index (χ1) is 13.5. The summed E-state index contributed by atoms with van der Waals surface area (Å²) in [7, 11) is 0. The van der Waals surface area contributed by atoms with E-state index >= 15 is 0 Å². The van der Waals surface area contributed by atoms with E-state index in [1.54, 1.807) is 31.4 Å². The smallest absolute Gasteiger partial charge is 0.344 e. The average Bonchev–Trinajstić information content (AvgIpc) is 3.29. The molecule has 6 nitrogen and oxygen atoms in total. The van der Waals surface area contributed by atoms with Crippen molar-refractivity contribution < 1.29 is 28.2 Å². The van der Waals surface area contributed by atoms with Gasteiger partial charge in [0, 0.05) is 22.9 Å². The first kappa shape index (κ1) is 20.0. The number of halogens is 1. The molecule has 2 aromatic rings. The highest BCUT2D eigenvalue weighted by Crippen LogP contribution is 2.48. The topological polar surface area (TPSA) is 72.9 Å². The summed E-state index contributed by atoms with van der Waals surface area (Å²) in [5.74, 6) is -3.43. The first-order valence-electron chi connectivity index (χ1n) is 8.93. The van der Waals surface area contributed by atoms with Gasteiger partial charge in [0.2, 0.25) is 5.91 Å². The van der Waals surface area contributed by atoms with Gasteiger partial charge in [-0.2, -0.15) is 0 Å². The van der Waals surface area contributed by atoms with Crippen molar-refractivity contribution in [3.8, 4) is 0 Å². The Hall–Kier alpha value is -2.74. The molecule has 1 aliphatic rings. The zero-order chi connectivity index (χ0) is 20.3. The fourth-order valence-corrected chi connectivity index (χ4v) is 4.42. The van der Waals surface area contributed by atoms with E-state index in [2.05, 4.69) is 0 Å². The van der Waals surface area contributed by atoms with Crippen LogP contribution in [0.3, 0.4) is 0 Å². The van der Waals surface area contributed by atoms with E-state index in [1.807, 2.05) is 0 Å². The van der Waals surface area contributed by atoms with Crippen LogP contribution in [0, 0.1) is 5.82 Å². The highest BCUT2D eigenvalue weighted by molar-refractivity contribution is 7.10. The van der Waals surface area contributed by atoms with Crippen molar-refractivity contribution in [2.45, 2.75) is 31.7 Å². The molecule has 0 radical (unpaired) electrons. The quantitative estimate of drug-likeness (QED) is 0.545. The van der Waals surface area contributed by atoms with E-state index in [0.717, 1.165) is 4.90 Å². The Labute approximate surface area is 165 Å². The van der Waals surface area contributed by atoms with E-state index in [9.17, 15) is 18.8 Å². The van der Waals surface area contributed by atoms with Crippen LogP contribution >= 0.6 is 11.3 Å². The zero-order valence-corrected chi connectivity index (χ0v) is 16.3. The molecule has 3 rings (SSSR count). The molecule has 1 atom stereocenters. The van der Waals surface area contributed by atoms with Crippen LogP contribution in [0.1, 0.15) is 31.1 Å².